The van der Waals surface area contributed by atoms with Crippen LogP contribution < -0.4 is 16.6 Å². The summed E-state index contributed by atoms with van der Waals surface area (Å²) in [6, 6.07) is 15.6. The molecule has 0 unspecified atom stereocenters. The summed E-state index contributed by atoms with van der Waals surface area (Å²) in [4.78, 5) is 48.5. The molecule has 0 saturated carbocycles. The minimum atomic E-state index is -0.799. The van der Waals surface area contributed by atoms with E-state index in [0.717, 1.165) is 11.1 Å². The lowest BCUT2D eigenvalue weighted by molar-refractivity contribution is 0.0303. The lowest BCUT2D eigenvalue weighted by Crippen LogP contribution is -2.44. The van der Waals surface area contributed by atoms with Crippen LogP contribution in [0.3, 0.4) is 0 Å². The van der Waals surface area contributed by atoms with Crippen LogP contribution >= 0.6 is 11.6 Å². The summed E-state index contributed by atoms with van der Waals surface area (Å²) in [5.74, 6) is 5.73. The van der Waals surface area contributed by atoms with E-state index >= 15 is 0 Å². The first-order chi connectivity index (χ1) is 21.5. The summed E-state index contributed by atoms with van der Waals surface area (Å²) in [6.07, 6.45) is 0.658. The average molecular weight is 627 g/mol. The lowest BCUT2D eigenvalue weighted by Gasteiger charge is -2.26. The fourth-order valence-electron chi connectivity index (χ4n) is 4.51. The van der Waals surface area contributed by atoms with Gasteiger partial charge in [0.2, 0.25) is 0 Å². The Bertz CT molecular complexity index is 1840. The number of anilines is 1. The van der Waals surface area contributed by atoms with Gasteiger partial charge in [0.25, 0.3) is 11.8 Å². The van der Waals surface area contributed by atoms with Crippen molar-refractivity contribution < 1.29 is 23.9 Å². The molecule has 5 rings (SSSR count). The highest BCUT2D eigenvalue weighted by atomic mass is 35.5. The molecule has 12 heteroatoms. The molecule has 0 bridgehead atoms. The Morgan fingerprint density at radius 2 is 1.73 bits per heavy atom. The van der Waals surface area contributed by atoms with Gasteiger partial charge in [-0.05, 0) is 57.2 Å². The van der Waals surface area contributed by atoms with E-state index in [1.165, 1.54) is 6.20 Å². The van der Waals surface area contributed by atoms with Crippen LogP contribution in [0.1, 0.15) is 52.6 Å². The predicted octanol–water partition coefficient (Wildman–Crippen LogP) is 4.57. The zero-order valence-corrected chi connectivity index (χ0v) is 25.7. The van der Waals surface area contributed by atoms with E-state index in [2.05, 4.69) is 32.7 Å². The third kappa shape index (κ3) is 7.86. The third-order valence-electron chi connectivity index (χ3n) is 6.67. The third-order valence-corrected chi connectivity index (χ3v) is 6.99. The normalized spacial score (nSPS) is 13.0. The van der Waals surface area contributed by atoms with Crippen LogP contribution in [0.4, 0.5) is 10.6 Å². The van der Waals surface area contributed by atoms with E-state index in [0.29, 0.717) is 59.0 Å². The van der Waals surface area contributed by atoms with E-state index in [-0.39, 0.29) is 17.3 Å². The standard InChI is InChI=1S/C33H31ClN6O5/c1-33(2,3)45-32(43)39-38-30(41)24-17-27(37-28-18-29(35)36-19-25(24)28)22-8-5-20(6-9-22)4-7-21-10-11-23(16-26(21)34)31(42)40-12-14-44-15-13-40/h5-6,8-11,16-19H,12-15H2,1-3H3,(H2,35,36)(H,38,41)(H,39,43). The fourth-order valence-corrected chi connectivity index (χ4v) is 4.74. The van der Waals surface area contributed by atoms with Gasteiger partial charge in [0.1, 0.15) is 11.4 Å². The number of amides is 3. The van der Waals surface area contributed by atoms with Crippen LogP contribution in [-0.4, -0.2) is 64.7 Å². The molecule has 4 aromatic rings. The van der Waals surface area contributed by atoms with Gasteiger partial charge < -0.3 is 20.1 Å². The number of nitrogens with two attached hydrogens (primary N) is 1. The second kappa shape index (κ2) is 13.2. The summed E-state index contributed by atoms with van der Waals surface area (Å²) in [6.45, 7) is 7.29. The number of hydrazine groups is 1. The molecule has 11 nitrogen and oxygen atoms in total. The number of ether oxygens (including phenoxy) is 2. The van der Waals surface area contributed by atoms with Crippen LogP contribution in [-0.2, 0) is 9.47 Å². The van der Waals surface area contributed by atoms with Crippen LogP contribution in [0, 0.1) is 11.8 Å². The number of nitrogens with one attached hydrogen (secondary N) is 2. The van der Waals surface area contributed by atoms with E-state index in [4.69, 9.17) is 26.8 Å². The molecular weight excluding hydrogens is 596 g/mol. The molecule has 1 aliphatic heterocycles. The van der Waals surface area contributed by atoms with Crippen molar-refractivity contribution in [3.05, 3.63) is 88.1 Å². The van der Waals surface area contributed by atoms with Gasteiger partial charge in [-0.25, -0.2) is 20.2 Å². The largest absolute Gasteiger partial charge is 0.443 e. The zero-order valence-electron chi connectivity index (χ0n) is 24.9. The summed E-state index contributed by atoms with van der Waals surface area (Å²) >= 11 is 6.47. The first-order valence-corrected chi connectivity index (χ1v) is 14.5. The molecule has 3 heterocycles. The minimum Gasteiger partial charge on any atom is -0.443 e. The van der Waals surface area contributed by atoms with Crippen LogP contribution in [0.2, 0.25) is 5.02 Å². The zero-order chi connectivity index (χ0) is 32.1. The molecule has 4 N–H and O–H groups in total. The van der Waals surface area contributed by atoms with Gasteiger partial charge in [-0.2, -0.15) is 0 Å². The van der Waals surface area contributed by atoms with Gasteiger partial charge in [-0.3, -0.25) is 15.0 Å². The number of rotatable bonds is 3. The maximum atomic E-state index is 13.1. The van der Waals surface area contributed by atoms with Crippen molar-refractivity contribution in [2.24, 2.45) is 0 Å². The van der Waals surface area contributed by atoms with Gasteiger partial charge in [0, 0.05) is 53.0 Å². The molecule has 0 spiro atoms. The Morgan fingerprint density at radius 1 is 1.00 bits per heavy atom. The molecule has 0 atom stereocenters. The predicted molar refractivity (Wildman–Crippen MR) is 170 cm³/mol. The fraction of sp³-hybridized carbons (Fsp3) is 0.242. The molecule has 0 radical (unpaired) electrons. The molecule has 230 valence electrons. The first kappa shape index (κ1) is 31.3. The molecule has 3 amide bonds. The van der Waals surface area contributed by atoms with Gasteiger partial charge in [0.15, 0.2) is 0 Å². The molecule has 2 aromatic heterocycles. The van der Waals surface area contributed by atoms with Gasteiger partial charge in [-0.1, -0.05) is 35.6 Å². The van der Waals surface area contributed by atoms with Gasteiger partial charge in [0.05, 0.1) is 35.0 Å². The summed E-state index contributed by atoms with van der Waals surface area (Å²) in [5, 5.41) is 0.841. The highest BCUT2D eigenvalue weighted by molar-refractivity contribution is 6.32. The van der Waals surface area contributed by atoms with Crippen molar-refractivity contribution in [1.29, 1.82) is 0 Å². The lowest BCUT2D eigenvalue weighted by atomic mass is 10.0. The Morgan fingerprint density at radius 3 is 2.42 bits per heavy atom. The van der Waals surface area contributed by atoms with Crippen LogP contribution in [0.15, 0.2) is 60.8 Å². The first-order valence-electron chi connectivity index (χ1n) is 14.1. The van der Waals surface area contributed by atoms with Gasteiger partial charge in [-0.15, -0.1) is 0 Å². The van der Waals surface area contributed by atoms with E-state index < -0.39 is 17.6 Å². The van der Waals surface area contributed by atoms with Crippen LogP contribution in [0.5, 0.6) is 0 Å². The Hall–Kier alpha value is -5.18. The van der Waals surface area contributed by atoms with E-state index in [9.17, 15) is 14.4 Å². The van der Waals surface area contributed by atoms with Crippen molar-refractivity contribution in [3.8, 4) is 23.1 Å². The summed E-state index contributed by atoms with van der Waals surface area (Å²) in [7, 11) is 0. The number of carbonyl (C=O) groups excluding carboxylic acids is 3. The molecule has 2 aromatic carbocycles. The summed E-state index contributed by atoms with van der Waals surface area (Å²) in [5.41, 5.74) is 13.5. The van der Waals surface area contributed by atoms with Crippen LogP contribution in [0.25, 0.3) is 22.2 Å². The number of fused-ring (bicyclic) bond motifs is 1. The summed E-state index contributed by atoms with van der Waals surface area (Å²) < 4.78 is 10.5. The molecule has 1 saturated heterocycles. The number of nitrogen functional groups attached to an aromatic ring is 1. The van der Waals surface area contributed by atoms with E-state index in [1.807, 2.05) is 24.3 Å². The number of morpholine rings is 1. The number of pyridine rings is 2. The molecule has 45 heavy (non-hydrogen) atoms. The smallest absolute Gasteiger partial charge is 0.426 e. The second-order valence-electron chi connectivity index (χ2n) is 11.2. The number of benzene rings is 2. The molecule has 1 aliphatic rings. The molecule has 1 fully saturated rings. The van der Waals surface area contributed by atoms with Crippen molar-refractivity contribution in [2.45, 2.75) is 26.4 Å². The number of hydrogen-bond donors (Lipinski definition) is 3. The SMILES string of the molecule is CC(C)(C)OC(=O)NNC(=O)c1cc(-c2ccc(C#Cc3ccc(C(=O)N4CCOCC4)cc3Cl)cc2)nc2cc(N)ncc12. The topological polar surface area (TPSA) is 149 Å². The number of nitrogens with zero attached hydrogens (tertiary/aromatic N) is 3. The molecule has 0 aliphatic carbocycles. The van der Waals surface area contributed by atoms with Crippen molar-refractivity contribution in [2.75, 3.05) is 32.0 Å². The number of aromatic nitrogens is 2. The Labute approximate surface area is 265 Å². The number of hydrogen-bond acceptors (Lipinski definition) is 8. The highest BCUT2D eigenvalue weighted by Gasteiger charge is 2.20. The monoisotopic (exact) mass is 626 g/mol. The number of carbonyl (C=O) groups is 3. The van der Waals surface area contributed by atoms with Crippen molar-refractivity contribution in [1.82, 2.24) is 25.7 Å². The van der Waals surface area contributed by atoms with Crippen molar-refractivity contribution >= 4 is 46.2 Å². The number of halogens is 1. The molecular formula is C33H31ClN6O5. The van der Waals surface area contributed by atoms with Gasteiger partial charge >= 0.3 is 6.09 Å². The Balaban J connectivity index is 1.35. The van der Waals surface area contributed by atoms with E-state index in [1.54, 1.807) is 56.0 Å². The minimum absolute atomic E-state index is 0.0866. The Kier molecular flexibility index (Phi) is 9.18. The quantitative estimate of drug-likeness (QED) is 0.221. The second-order valence-corrected chi connectivity index (χ2v) is 11.6. The maximum absolute atomic E-state index is 13.1. The average Bonchev–Trinajstić information content (AvgIpc) is 3.02. The van der Waals surface area contributed by atoms with Crippen molar-refractivity contribution in [3.63, 3.8) is 0 Å². The maximum Gasteiger partial charge on any atom is 0.426 e. The highest BCUT2D eigenvalue weighted by Crippen LogP contribution is 2.26.